The van der Waals surface area contributed by atoms with E-state index < -0.39 is 48.2 Å². The first-order valence-electron chi connectivity index (χ1n) is 17.3. The molecule has 0 aliphatic carbocycles. The van der Waals surface area contributed by atoms with Gasteiger partial charge < -0.3 is 41.9 Å². The number of rotatable bonds is 24. The maximum absolute atomic E-state index is 12.8. The van der Waals surface area contributed by atoms with Crippen molar-refractivity contribution in [2.24, 2.45) is 17.4 Å². The number of ether oxygens (including phenoxy) is 1. The molecule has 0 saturated carbocycles. The Morgan fingerprint density at radius 3 is 2.09 bits per heavy atom. The molecule has 0 radical (unpaired) electrons. The zero-order valence-electron chi connectivity index (χ0n) is 27.6. The van der Waals surface area contributed by atoms with Gasteiger partial charge in [-0.05, 0) is 76.2 Å². The molecule has 7 unspecified atom stereocenters. The first-order chi connectivity index (χ1) is 21.7. The summed E-state index contributed by atoms with van der Waals surface area (Å²) in [5.74, 6) is 8.68. The standard InChI is InChI=1S/C35H61N3O7/c1-2-3-4-5-6-7-8-9-10-11-12-13-14-15-16-23-30(38-34(42)29(37)22-17-19-24-36)32(40)33(41)31(39)28(35(43)44)26-27-21-18-20-25-45-27/h27-33,39-41H,2-10,15-26,36-37H2,1H3,(H,38,42)(H,43,44). The molecule has 7 atom stereocenters. The summed E-state index contributed by atoms with van der Waals surface area (Å²) < 4.78 is 5.63. The summed E-state index contributed by atoms with van der Waals surface area (Å²) in [5.41, 5.74) is 11.6. The number of carboxylic acids is 1. The quantitative estimate of drug-likeness (QED) is 0.0616. The minimum absolute atomic E-state index is 0.0129. The number of aliphatic hydroxyl groups excluding tert-OH is 3. The van der Waals surface area contributed by atoms with Crippen LogP contribution in [0.2, 0.25) is 0 Å². The van der Waals surface area contributed by atoms with Crippen LogP contribution in [0.3, 0.4) is 0 Å². The summed E-state index contributed by atoms with van der Waals surface area (Å²) in [6, 6.07) is -1.81. The fourth-order valence-electron chi connectivity index (χ4n) is 5.57. The lowest BCUT2D eigenvalue weighted by molar-refractivity contribution is -0.158. The predicted molar refractivity (Wildman–Crippen MR) is 177 cm³/mol. The van der Waals surface area contributed by atoms with Gasteiger partial charge in [-0.2, -0.15) is 0 Å². The number of hydrogen-bond donors (Lipinski definition) is 7. The largest absolute Gasteiger partial charge is 0.481 e. The molecule has 1 rings (SSSR count). The van der Waals surface area contributed by atoms with Gasteiger partial charge in [0.25, 0.3) is 0 Å². The Bertz CT molecular complexity index is 920. The highest BCUT2D eigenvalue weighted by Crippen LogP contribution is 2.25. The second kappa shape index (κ2) is 25.9. The number of unbranched alkanes of at least 4 members (excludes halogenated alkanes) is 10. The number of aliphatic hydroxyl groups is 3. The lowest BCUT2D eigenvalue weighted by Gasteiger charge is -2.34. The van der Waals surface area contributed by atoms with Crippen LogP contribution in [0.5, 0.6) is 0 Å². The number of amides is 1. The van der Waals surface area contributed by atoms with E-state index >= 15 is 0 Å². The zero-order valence-corrected chi connectivity index (χ0v) is 27.6. The maximum Gasteiger partial charge on any atom is 0.309 e. The Labute approximate surface area is 271 Å². The van der Waals surface area contributed by atoms with Crippen LogP contribution in [0.25, 0.3) is 0 Å². The number of nitrogens with two attached hydrogens (primary N) is 2. The van der Waals surface area contributed by atoms with Gasteiger partial charge in [-0.1, -0.05) is 70.1 Å². The lowest BCUT2D eigenvalue weighted by atomic mass is 9.86. The molecule has 1 heterocycles. The molecule has 0 bridgehead atoms. The van der Waals surface area contributed by atoms with Crippen molar-refractivity contribution in [2.75, 3.05) is 13.2 Å². The molecule has 1 saturated heterocycles. The number of carbonyl (C=O) groups excluding carboxylic acids is 1. The first kappa shape index (κ1) is 40.8. The van der Waals surface area contributed by atoms with E-state index in [0.717, 1.165) is 32.1 Å². The average molecular weight is 636 g/mol. The highest BCUT2D eigenvalue weighted by atomic mass is 16.5. The van der Waals surface area contributed by atoms with Crippen molar-refractivity contribution in [3.05, 3.63) is 0 Å². The van der Waals surface area contributed by atoms with Crippen LogP contribution in [0, 0.1) is 29.6 Å². The molecule has 1 amide bonds. The van der Waals surface area contributed by atoms with Crippen LogP contribution in [0.15, 0.2) is 0 Å². The molecular weight excluding hydrogens is 574 g/mol. The second-order valence-corrected chi connectivity index (χ2v) is 12.4. The summed E-state index contributed by atoms with van der Waals surface area (Å²) in [4.78, 5) is 24.8. The minimum Gasteiger partial charge on any atom is -0.481 e. The maximum atomic E-state index is 12.8. The predicted octanol–water partition coefficient (Wildman–Crippen LogP) is 3.38. The van der Waals surface area contributed by atoms with Crippen LogP contribution in [-0.4, -0.2) is 82.0 Å². The number of nitrogens with one attached hydrogen (secondary N) is 1. The van der Waals surface area contributed by atoms with E-state index in [0.29, 0.717) is 45.3 Å². The lowest BCUT2D eigenvalue weighted by Crippen LogP contribution is -2.56. The third-order valence-electron chi connectivity index (χ3n) is 8.48. The van der Waals surface area contributed by atoms with Crippen LogP contribution in [-0.2, 0) is 14.3 Å². The fourth-order valence-corrected chi connectivity index (χ4v) is 5.57. The van der Waals surface area contributed by atoms with Crippen molar-refractivity contribution in [3.63, 3.8) is 0 Å². The van der Waals surface area contributed by atoms with E-state index in [1.165, 1.54) is 44.9 Å². The van der Waals surface area contributed by atoms with E-state index in [1.54, 1.807) is 0 Å². The summed E-state index contributed by atoms with van der Waals surface area (Å²) in [6.07, 6.45) is 10.7. The van der Waals surface area contributed by atoms with Crippen LogP contribution < -0.4 is 16.8 Å². The van der Waals surface area contributed by atoms with Crippen molar-refractivity contribution < 1.29 is 34.8 Å². The van der Waals surface area contributed by atoms with Gasteiger partial charge in [0.2, 0.25) is 5.91 Å². The molecular formula is C35H61N3O7. The van der Waals surface area contributed by atoms with E-state index in [-0.39, 0.29) is 18.9 Å². The molecule has 0 aromatic rings. The molecule has 1 aliphatic rings. The van der Waals surface area contributed by atoms with Gasteiger partial charge in [0, 0.05) is 19.4 Å². The first-order valence-corrected chi connectivity index (χ1v) is 17.3. The number of hydrogen-bond acceptors (Lipinski definition) is 8. The molecule has 258 valence electrons. The summed E-state index contributed by atoms with van der Waals surface area (Å²) in [5, 5.41) is 45.3. The van der Waals surface area contributed by atoms with E-state index in [9.17, 15) is 30.0 Å². The van der Waals surface area contributed by atoms with Gasteiger partial charge in [-0.25, -0.2) is 0 Å². The van der Waals surface area contributed by atoms with E-state index in [4.69, 9.17) is 16.2 Å². The Hall–Kier alpha value is -2.18. The molecule has 9 N–H and O–H groups in total. The molecule has 0 spiro atoms. The topological polar surface area (TPSA) is 188 Å². The van der Waals surface area contributed by atoms with Gasteiger partial charge in [0.15, 0.2) is 0 Å². The molecule has 1 fully saturated rings. The SMILES string of the molecule is CCCCCCCCCCC#CC#CCCCC(NC(=O)C(N)CCCCN)C(O)C(O)C(O)C(CC1CCCCO1)C(=O)O. The minimum atomic E-state index is -1.82. The Kier molecular flexibility index (Phi) is 23.6. The Balaban J connectivity index is 2.71. The van der Waals surface area contributed by atoms with E-state index in [1.807, 2.05) is 0 Å². The number of aliphatic carboxylic acids is 1. The molecule has 0 aromatic heterocycles. The summed E-state index contributed by atoms with van der Waals surface area (Å²) in [6.45, 7) is 3.23. The monoisotopic (exact) mass is 635 g/mol. The van der Waals surface area contributed by atoms with Crippen molar-refractivity contribution in [1.29, 1.82) is 0 Å². The fraction of sp³-hybridized carbons (Fsp3) is 0.829. The number of carbonyl (C=O) groups is 2. The normalized spacial score (nSPS) is 18.7. The molecule has 1 aliphatic heterocycles. The highest BCUT2D eigenvalue weighted by molar-refractivity contribution is 5.81. The smallest absolute Gasteiger partial charge is 0.309 e. The van der Waals surface area contributed by atoms with Crippen molar-refractivity contribution in [1.82, 2.24) is 5.32 Å². The van der Waals surface area contributed by atoms with E-state index in [2.05, 4.69) is 35.9 Å². The third kappa shape index (κ3) is 18.5. The molecule has 45 heavy (non-hydrogen) atoms. The van der Waals surface area contributed by atoms with Crippen molar-refractivity contribution in [3.8, 4) is 23.7 Å². The summed E-state index contributed by atoms with van der Waals surface area (Å²) >= 11 is 0. The third-order valence-corrected chi connectivity index (χ3v) is 8.48. The van der Waals surface area contributed by atoms with Crippen LogP contribution in [0.1, 0.15) is 129 Å². The Morgan fingerprint density at radius 1 is 0.844 bits per heavy atom. The highest BCUT2D eigenvalue weighted by Gasteiger charge is 2.40. The van der Waals surface area contributed by atoms with Crippen LogP contribution in [0.4, 0.5) is 0 Å². The van der Waals surface area contributed by atoms with Gasteiger partial charge in [-0.15, -0.1) is 0 Å². The van der Waals surface area contributed by atoms with Crippen molar-refractivity contribution in [2.45, 2.75) is 165 Å². The second-order valence-electron chi connectivity index (χ2n) is 12.4. The average Bonchev–Trinajstić information content (AvgIpc) is 3.04. The molecule has 0 aromatic carbocycles. The molecule has 10 nitrogen and oxygen atoms in total. The van der Waals surface area contributed by atoms with Gasteiger partial charge in [-0.3, -0.25) is 9.59 Å². The Morgan fingerprint density at radius 2 is 1.49 bits per heavy atom. The molecule has 10 heteroatoms. The zero-order chi connectivity index (χ0) is 33.3. The summed E-state index contributed by atoms with van der Waals surface area (Å²) in [7, 11) is 0. The van der Waals surface area contributed by atoms with Gasteiger partial charge >= 0.3 is 5.97 Å². The van der Waals surface area contributed by atoms with Crippen molar-refractivity contribution >= 4 is 11.9 Å². The van der Waals surface area contributed by atoms with Gasteiger partial charge in [0.05, 0.1) is 30.2 Å². The van der Waals surface area contributed by atoms with Gasteiger partial charge in [0.1, 0.15) is 12.2 Å². The van der Waals surface area contributed by atoms with Crippen LogP contribution >= 0.6 is 0 Å². The number of carboxylic acid groups (broad SMARTS) is 1.